The molecule has 11 nitrogen and oxygen atoms in total. The number of aryl methyl sites for hydroxylation is 2. The second kappa shape index (κ2) is 9.39. The van der Waals surface area contributed by atoms with Gasteiger partial charge in [-0.15, -0.1) is 0 Å². The number of carbonyl (C=O) groups is 1. The van der Waals surface area contributed by atoms with Gasteiger partial charge in [0.1, 0.15) is 24.9 Å². The van der Waals surface area contributed by atoms with Gasteiger partial charge in [-0.05, 0) is 43.2 Å². The summed E-state index contributed by atoms with van der Waals surface area (Å²) in [5.74, 6) is -0.666. The zero-order valence-corrected chi connectivity index (χ0v) is 17.9. The Bertz CT molecular complexity index is 1210. The molecule has 32 heavy (non-hydrogen) atoms. The number of ether oxygens (including phenoxy) is 1. The smallest absolute Gasteiger partial charge is 0.302 e. The Morgan fingerprint density at radius 3 is 2.50 bits per heavy atom. The summed E-state index contributed by atoms with van der Waals surface area (Å²) in [4.78, 5) is 36.6. The van der Waals surface area contributed by atoms with Crippen LogP contribution in [-0.4, -0.2) is 65.7 Å². The number of nitrogens with two attached hydrogens (primary N) is 1. The molecule has 0 saturated carbocycles. The van der Waals surface area contributed by atoms with Crippen molar-refractivity contribution in [3.05, 3.63) is 45.9 Å². The van der Waals surface area contributed by atoms with Crippen LogP contribution < -0.4 is 11.3 Å². The molecule has 2 heterocycles. The van der Waals surface area contributed by atoms with Crippen molar-refractivity contribution in [3.8, 4) is 11.4 Å². The third kappa shape index (κ3) is 4.90. The SMILES string of the molecule is CC(=O)OC[C@@H](O)[C@@H](O)[C@@H](O)Cn1c(=O)c(-c2ccnc(N)n2)nc2cc(C)c(C)cc21. The highest BCUT2D eigenvalue weighted by molar-refractivity contribution is 5.79. The molecular weight excluding hydrogens is 418 g/mol. The topological polar surface area (TPSA) is 174 Å². The lowest BCUT2D eigenvalue weighted by Crippen LogP contribution is -2.44. The molecular formula is C21H25N5O6. The van der Waals surface area contributed by atoms with E-state index in [1.165, 1.54) is 16.8 Å². The van der Waals surface area contributed by atoms with Crippen LogP contribution in [0.5, 0.6) is 0 Å². The predicted octanol–water partition coefficient (Wildman–Crippen LogP) is -0.302. The van der Waals surface area contributed by atoms with Crippen molar-refractivity contribution in [1.29, 1.82) is 0 Å². The number of hydrogen-bond acceptors (Lipinski definition) is 10. The number of carbonyl (C=O) groups excluding carboxylic acids is 1. The minimum Gasteiger partial charge on any atom is -0.463 e. The summed E-state index contributed by atoms with van der Waals surface area (Å²) < 4.78 is 5.93. The molecule has 0 amide bonds. The van der Waals surface area contributed by atoms with Crippen LogP contribution in [-0.2, 0) is 16.1 Å². The van der Waals surface area contributed by atoms with Gasteiger partial charge in [0, 0.05) is 13.1 Å². The first-order valence-electron chi connectivity index (χ1n) is 9.86. The molecule has 1 aromatic carbocycles. The van der Waals surface area contributed by atoms with Crippen LogP contribution in [0.2, 0.25) is 0 Å². The highest BCUT2D eigenvalue weighted by Crippen LogP contribution is 2.21. The summed E-state index contributed by atoms with van der Waals surface area (Å²) in [5.41, 5.74) is 8.04. The maximum atomic E-state index is 13.3. The van der Waals surface area contributed by atoms with Crippen molar-refractivity contribution in [2.75, 3.05) is 12.3 Å². The highest BCUT2D eigenvalue weighted by atomic mass is 16.5. The van der Waals surface area contributed by atoms with Crippen LogP contribution in [0.4, 0.5) is 5.95 Å². The van der Waals surface area contributed by atoms with Gasteiger partial charge in [0.25, 0.3) is 5.56 Å². The normalized spacial score (nSPS) is 14.2. The number of anilines is 1. The number of fused-ring (bicyclic) bond motifs is 1. The number of hydrogen-bond donors (Lipinski definition) is 4. The fraction of sp³-hybridized carbons (Fsp3) is 0.381. The van der Waals surface area contributed by atoms with Crippen molar-refractivity contribution in [2.45, 2.75) is 45.6 Å². The summed E-state index contributed by atoms with van der Waals surface area (Å²) in [6.45, 7) is 4.08. The molecule has 0 bridgehead atoms. The van der Waals surface area contributed by atoms with Gasteiger partial charge >= 0.3 is 5.97 Å². The zero-order valence-electron chi connectivity index (χ0n) is 17.9. The third-order valence-electron chi connectivity index (χ3n) is 5.09. The lowest BCUT2D eigenvalue weighted by molar-refractivity contribution is -0.149. The maximum absolute atomic E-state index is 13.3. The van der Waals surface area contributed by atoms with E-state index in [9.17, 15) is 24.9 Å². The summed E-state index contributed by atoms with van der Waals surface area (Å²) in [5, 5.41) is 30.9. The molecule has 3 rings (SSSR count). The van der Waals surface area contributed by atoms with E-state index >= 15 is 0 Å². The fourth-order valence-electron chi connectivity index (χ4n) is 3.20. The molecule has 11 heteroatoms. The van der Waals surface area contributed by atoms with Crippen molar-refractivity contribution < 1.29 is 24.9 Å². The molecule has 0 radical (unpaired) electrons. The van der Waals surface area contributed by atoms with E-state index < -0.39 is 36.4 Å². The van der Waals surface area contributed by atoms with Gasteiger partial charge in [0.15, 0.2) is 5.69 Å². The van der Waals surface area contributed by atoms with Crippen LogP contribution in [0.15, 0.2) is 29.2 Å². The molecule has 0 unspecified atom stereocenters. The summed E-state index contributed by atoms with van der Waals surface area (Å²) >= 11 is 0. The standard InChI is InChI=1S/C21H25N5O6/c1-10-6-14-15(7-11(10)2)26(8-16(28)19(30)17(29)9-32-12(3)27)20(31)18(24-14)13-4-5-23-21(22)25-13/h4-7,16-17,19,28-30H,8-9H2,1-3H3,(H2,22,23,25)/t16-,17+,19-/m0/s1. The van der Waals surface area contributed by atoms with Gasteiger partial charge < -0.3 is 30.4 Å². The van der Waals surface area contributed by atoms with E-state index in [0.29, 0.717) is 11.0 Å². The monoisotopic (exact) mass is 443 g/mol. The molecule has 0 aliphatic heterocycles. The quantitative estimate of drug-likeness (QED) is 0.355. The van der Waals surface area contributed by atoms with Crippen LogP contribution >= 0.6 is 0 Å². The van der Waals surface area contributed by atoms with Crippen molar-refractivity contribution in [1.82, 2.24) is 19.5 Å². The van der Waals surface area contributed by atoms with Crippen LogP contribution in [0, 0.1) is 13.8 Å². The molecule has 0 aliphatic rings. The van der Waals surface area contributed by atoms with Gasteiger partial charge in [-0.25, -0.2) is 15.0 Å². The fourth-order valence-corrected chi connectivity index (χ4v) is 3.20. The first-order valence-corrected chi connectivity index (χ1v) is 9.86. The second-order valence-corrected chi connectivity index (χ2v) is 7.53. The lowest BCUT2D eigenvalue weighted by atomic mass is 10.1. The summed E-state index contributed by atoms with van der Waals surface area (Å²) in [7, 11) is 0. The van der Waals surface area contributed by atoms with Crippen molar-refractivity contribution in [3.63, 3.8) is 0 Å². The number of benzene rings is 1. The molecule has 3 aromatic rings. The predicted molar refractivity (Wildman–Crippen MR) is 116 cm³/mol. The number of aliphatic hydroxyl groups excluding tert-OH is 3. The number of aliphatic hydroxyl groups is 3. The molecule has 0 saturated heterocycles. The summed E-state index contributed by atoms with van der Waals surface area (Å²) in [6, 6.07) is 5.05. The van der Waals surface area contributed by atoms with Gasteiger partial charge in [-0.3, -0.25) is 9.59 Å². The third-order valence-corrected chi connectivity index (χ3v) is 5.09. The number of esters is 1. The van der Waals surface area contributed by atoms with E-state index in [4.69, 9.17) is 5.73 Å². The Morgan fingerprint density at radius 2 is 1.84 bits per heavy atom. The number of aromatic nitrogens is 4. The Hall–Kier alpha value is -3.41. The van der Waals surface area contributed by atoms with Crippen molar-refractivity contribution in [2.24, 2.45) is 0 Å². The Kier molecular flexibility index (Phi) is 6.82. The lowest BCUT2D eigenvalue weighted by Gasteiger charge is -2.24. The minimum absolute atomic E-state index is 0.00277. The average molecular weight is 443 g/mol. The number of nitrogen functional groups attached to an aromatic ring is 1. The molecule has 2 aromatic heterocycles. The van der Waals surface area contributed by atoms with E-state index in [2.05, 4.69) is 19.7 Å². The highest BCUT2D eigenvalue weighted by Gasteiger charge is 2.27. The van der Waals surface area contributed by atoms with Gasteiger partial charge in [-0.2, -0.15) is 0 Å². The molecule has 5 N–H and O–H groups in total. The number of nitrogens with zero attached hydrogens (tertiary/aromatic N) is 4. The van der Waals surface area contributed by atoms with Crippen LogP contribution in [0.1, 0.15) is 18.1 Å². The Morgan fingerprint density at radius 1 is 1.16 bits per heavy atom. The zero-order chi connectivity index (χ0) is 23.6. The van der Waals surface area contributed by atoms with E-state index in [1.54, 1.807) is 12.1 Å². The molecule has 0 fully saturated rings. The molecule has 3 atom stereocenters. The largest absolute Gasteiger partial charge is 0.463 e. The molecule has 0 aliphatic carbocycles. The second-order valence-electron chi connectivity index (χ2n) is 7.53. The first-order chi connectivity index (χ1) is 15.1. The van der Waals surface area contributed by atoms with Gasteiger partial charge in [0.05, 0.1) is 23.3 Å². The van der Waals surface area contributed by atoms with E-state index in [1.807, 2.05) is 13.8 Å². The Balaban J connectivity index is 2.08. The van der Waals surface area contributed by atoms with Crippen LogP contribution in [0.3, 0.4) is 0 Å². The van der Waals surface area contributed by atoms with E-state index in [-0.39, 0.29) is 23.9 Å². The average Bonchev–Trinajstić information content (AvgIpc) is 2.74. The van der Waals surface area contributed by atoms with E-state index in [0.717, 1.165) is 18.1 Å². The van der Waals surface area contributed by atoms with Crippen molar-refractivity contribution >= 4 is 23.0 Å². The Labute approximate surface area is 183 Å². The maximum Gasteiger partial charge on any atom is 0.302 e. The number of rotatable bonds is 7. The van der Waals surface area contributed by atoms with Gasteiger partial charge in [-0.1, -0.05) is 0 Å². The molecule has 0 spiro atoms. The van der Waals surface area contributed by atoms with Crippen LogP contribution in [0.25, 0.3) is 22.4 Å². The first kappa shape index (κ1) is 23.3. The van der Waals surface area contributed by atoms with Gasteiger partial charge in [0.2, 0.25) is 5.95 Å². The minimum atomic E-state index is -1.67. The molecule has 170 valence electrons. The summed E-state index contributed by atoms with van der Waals surface area (Å²) in [6.07, 6.45) is -3.36.